The van der Waals surface area contributed by atoms with E-state index in [9.17, 15) is 4.79 Å². The zero-order valence-corrected chi connectivity index (χ0v) is 18.2. The number of aromatic nitrogens is 2. The predicted molar refractivity (Wildman–Crippen MR) is 113 cm³/mol. The summed E-state index contributed by atoms with van der Waals surface area (Å²) in [5, 5.41) is 3.49. The van der Waals surface area contributed by atoms with Crippen molar-refractivity contribution in [3.8, 4) is 0 Å². The van der Waals surface area contributed by atoms with Crippen molar-refractivity contribution in [2.75, 3.05) is 5.32 Å². The monoisotopic (exact) mass is 432 g/mol. The molecule has 3 rings (SSSR count). The smallest absolute Gasteiger partial charge is 0.243 e. The average molecular weight is 433 g/mol. The summed E-state index contributed by atoms with van der Waals surface area (Å²) in [4.78, 5) is 19.4. The average Bonchev–Trinajstić information content (AvgIpc) is 3.00. The van der Waals surface area contributed by atoms with E-state index in [1.54, 1.807) is 6.20 Å². The fourth-order valence-corrected chi connectivity index (χ4v) is 4.84. The van der Waals surface area contributed by atoms with Gasteiger partial charge >= 0.3 is 0 Å². The number of carbonyl (C=O) groups is 1. The number of piperidine rings is 1. The summed E-state index contributed by atoms with van der Waals surface area (Å²) >= 11 is 3.54. The van der Waals surface area contributed by atoms with E-state index in [0.717, 1.165) is 28.8 Å². The molecule has 0 saturated carbocycles. The minimum absolute atomic E-state index is 0.185. The number of benzene rings is 1. The Morgan fingerprint density at radius 2 is 1.85 bits per heavy atom. The van der Waals surface area contributed by atoms with E-state index in [-0.39, 0.29) is 5.91 Å². The number of aryl methyl sites for hydroxylation is 2. The van der Waals surface area contributed by atoms with Crippen LogP contribution in [0.2, 0.25) is 0 Å². The molecule has 0 aliphatic carbocycles. The Labute approximate surface area is 170 Å². The summed E-state index contributed by atoms with van der Waals surface area (Å²) in [7, 11) is 0. The summed E-state index contributed by atoms with van der Waals surface area (Å²) < 4.78 is 3.05. The van der Waals surface area contributed by atoms with Gasteiger partial charge in [-0.1, -0.05) is 15.9 Å². The van der Waals surface area contributed by atoms with Crippen LogP contribution in [-0.4, -0.2) is 32.4 Å². The van der Waals surface area contributed by atoms with E-state index in [1.165, 1.54) is 17.5 Å². The van der Waals surface area contributed by atoms with Crippen LogP contribution in [0.1, 0.15) is 50.1 Å². The highest BCUT2D eigenvalue weighted by atomic mass is 79.9. The second kappa shape index (κ2) is 8.46. The first-order valence-corrected chi connectivity index (χ1v) is 10.5. The van der Waals surface area contributed by atoms with Gasteiger partial charge in [-0.2, -0.15) is 0 Å². The third kappa shape index (κ3) is 4.54. The van der Waals surface area contributed by atoms with Gasteiger partial charge in [-0.05, 0) is 70.2 Å². The molecule has 1 amide bonds. The lowest BCUT2D eigenvalue weighted by Crippen LogP contribution is -2.48. The molecule has 2 aromatic rings. The summed E-state index contributed by atoms with van der Waals surface area (Å²) in [6.45, 7) is 9.44. The second-order valence-corrected chi connectivity index (χ2v) is 8.59. The molecule has 5 nitrogen and oxygen atoms in total. The Balaban J connectivity index is 1.69. The summed E-state index contributed by atoms with van der Waals surface area (Å²) in [5.41, 5.74) is 3.50. The molecule has 6 heteroatoms. The molecule has 1 saturated heterocycles. The molecule has 1 aliphatic heterocycles. The number of likely N-dealkylation sites (tertiary alicyclic amines) is 1. The Hall–Kier alpha value is -1.82. The summed E-state index contributed by atoms with van der Waals surface area (Å²) in [5.74, 6) is 1.06. The number of imidazole rings is 1. The van der Waals surface area contributed by atoms with E-state index < -0.39 is 0 Å². The summed E-state index contributed by atoms with van der Waals surface area (Å²) in [6, 6.07) is 4.84. The number of hydrogen-bond acceptors (Lipinski definition) is 3. The minimum Gasteiger partial charge on any atom is -0.377 e. The highest BCUT2D eigenvalue weighted by Gasteiger charge is 2.29. The summed E-state index contributed by atoms with van der Waals surface area (Å²) in [6.07, 6.45) is 7.06. The van der Waals surface area contributed by atoms with Crippen LogP contribution in [0.3, 0.4) is 0 Å². The molecule has 2 atom stereocenters. The van der Waals surface area contributed by atoms with E-state index >= 15 is 0 Å². The number of anilines is 1. The van der Waals surface area contributed by atoms with Gasteiger partial charge in [-0.25, -0.2) is 4.98 Å². The van der Waals surface area contributed by atoms with Crippen molar-refractivity contribution >= 4 is 27.5 Å². The second-order valence-electron chi connectivity index (χ2n) is 7.67. The van der Waals surface area contributed by atoms with Crippen molar-refractivity contribution in [3.05, 3.63) is 46.0 Å². The molecule has 0 radical (unpaired) electrons. The first-order chi connectivity index (χ1) is 12.9. The number of nitrogens with zero attached hydrogens (tertiary/aromatic N) is 3. The molecular formula is C21H29BrN4O. The van der Waals surface area contributed by atoms with Crippen LogP contribution in [0.15, 0.2) is 29.0 Å². The fourth-order valence-electron chi connectivity index (χ4n) is 4.15. The normalized spacial score (nSPS) is 20.0. The molecule has 2 heterocycles. The van der Waals surface area contributed by atoms with Gasteiger partial charge in [0, 0.05) is 34.6 Å². The quantitative estimate of drug-likeness (QED) is 0.746. The van der Waals surface area contributed by atoms with Crippen molar-refractivity contribution in [2.24, 2.45) is 0 Å². The number of amides is 1. The van der Waals surface area contributed by atoms with E-state index in [4.69, 9.17) is 0 Å². The lowest BCUT2D eigenvalue weighted by Gasteiger charge is -2.39. The highest BCUT2D eigenvalue weighted by molar-refractivity contribution is 9.10. The van der Waals surface area contributed by atoms with Gasteiger partial charge in [0.05, 0.1) is 6.54 Å². The number of halogens is 1. The molecule has 27 heavy (non-hydrogen) atoms. The predicted octanol–water partition coefficient (Wildman–Crippen LogP) is 4.66. The lowest BCUT2D eigenvalue weighted by molar-refractivity contribution is -0.137. The maximum Gasteiger partial charge on any atom is 0.243 e. The van der Waals surface area contributed by atoms with Crippen LogP contribution < -0.4 is 5.32 Å². The van der Waals surface area contributed by atoms with Crippen LogP contribution in [0, 0.1) is 13.8 Å². The van der Waals surface area contributed by atoms with E-state index in [2.05, 4.69) is 71.0 Å². The molecule has 1 aromatic carbocycles. The van der Waals surface area contributed by atoms with Crippen molar-refractivity contribution < 1.29 is 4.79 Å². The van der Waals surface area contributed by atoms with Gasteiger partial charge in [0.15, 0.2) is 0 Å². The Bertz CT molecular complexity index is 783. The molecule has 1 N–H and O–H groups in total. The maximum atomic E-state index is 12.9. The third-order valence-corrected chi connectivity index (χ3v) is 5.97. The van der Waals surface area contributed by atoms with Crippen LogP contribution in [0.4, 0.5) is 5.69 Å². The number of nitrogens with one attached hydrogen (secondary N) is 1. The molecule has 0 spiro atoms. The molecule has 1 fully saturated rings. The fraction of sp³-hybridized carbons (Fsp3) is 0.524. The molecular weight excluding hydrogens is 404 g/mol. The van der Waals surface area contributed by atoms with Gasteiger partial charge in [0.2, 0.25) is 5.91 Å². The molecule has 0 bridgehead atoms. The van der Waals surface area contributed by atoms with Crippen LogP contribution >= 0.6 is 15.9 Å². The third-order valence-electron chi connectivity index (χ3n) is 5.51. The highest BCUT2D eigenvalue weighted by Crippen LogP contribution is 2.26. The number of hydrogen-bond donors (Lipinski definition) is 1. The zero-order valence-electron chi connectivity index (χ0n) is 16.6. The molecule has 146 valence electrons. The van der Waals surface area contributed by atoms with Crippen LogP contribution in [0.25, 0.3) is 0 Å². The first kappa shape index (κ1) is 19.9. The molecule has 1 aromatic heterocycles. The Morgan fingerprint density at radius 1 is 1.22 bits per heavy atom. The Kier molecular flexibility index (Phi) is 6.25. The van der Waals surface area contributed by atoms with Gasteiger partial charge in [-0.3, -0.25) is 4.79 Å². The molecule has 1 aliphatic rings. The van der Waals surface area contributed by atoms with Crippen molar-refractivity contribution in [1.82, 2.24) is 14.5 Å². The topological polar surface area (TPSA) is 50.2 Å². The van der Waals surface area contributed by atoms with Gasteiger partial charge < -0.3 is 14.8 Å². The van der Waals surface area contributed by atoms with Gasteiger partial charge in [0.1, 0.15) is 12.4 Å². The number of carbonyl (C=O) groups excluding carboxylic acids is 1. The first-order valence-electron chi connectivity index (χ1n) is 9.68. The van der Waals surface area contributed by atoms with Gasteiger partial charge in [0.25, 0.3) is 0 Å². The van der Waals surface area contributed by atoms with Crippen molar-refractivity contribution in [3.63, 3.8) is 0 Å². The molecule has 2 unspecified atom stereocenters. The zero-order chi connectivity index (χ0) is 19.6. The Morgan fingerprint density at radius 3 is 2.48 bits per heavy atom. The SMILES string of the molecule is Cc1cc(Br)cc(C)c1NCc1nccn1CC(=O)N1C(C)CCCC1C. The minimum atomic E-state index is 0.185. The largest absolute Gasteiger partial charge is 0.377 e. The van der Waals surface area contributed by atoms with Crippen molar-refractivity contribution in [2.45, 2.75) is 72.1 Å². The van der Waals surface area contributed by atoms with Crippen LogP contribution in [-0.2, 0) is 17.9 Å². The van der Waals surface area contributed by atoms with E-state index in [0.29, 0.717) is 25.2 Å². The van der Waals surface area contributed by atoms with E-state index in [1.807, 2.05) is 10.8 Å². The maximum absolute atomic E-state index is 12.9. The van der Waals surface area contributed by atoms with Crippen LogP contribution in [0.5, 0.6) is 0 Å². The van der Waals surface area contributed by atoms with Crippen molar-refractivity contribution in [1.29, 1.82) is 0 Å². The standard InChI is InChI=1S/C21H29BrN4O/c1-14-10-18(22)11-15(2)21(14)24-12-19-23-8-9-25(19)13-20(27)26-16(3)6-5-7-17(26)4/h8-11,16-17,24H,5-7,12-13H2,1-4H3. The van der Waals surface area contributed by atoms with Gasteiger partial charge in [-0.15, -0.1) is 0 Å². The lowest BCUT2D eigenvalue weighted by atomic mass is 9.97. The number of rotatable bonds is 5.